The van der Waals surface area contributed by atoms with Gasteiger partial charge in [0.15, 0.2) is 5.78 Å². The maximum absolute atomic E-state index is 12.0. The molecule has 0 amide bonds. The predicted molar refractivity (Wildman–Crippen MR) is 68.2 cm³/mol. The Morgan fingerprint density at radius 3 is 2.76 bits per heavy atom. The fraction of sp³-hybridized carbons (Fsp3) is 0.357. The maximum atomic E-state index is 12.0. The number of para-hydroxylation sites is 1. The summed E-state index contributed by atoms with van der Waals surface area (Å²) in [6.45, 7) is 3.44. The quantitative estimate of drug-likeness (QED) is 0.795. The average Bonchev–Trinajstić information content (AvgIpc) is 2.68. The molecule has 3 heteroatoms. The van der Waals surface area contributed by atoms with E-state index in [4.69, 9.17) is 0 Å². The number of hydrogen-bond acceptors (Lipinski definition) is 2. The van der Waals surface area contributed by atoms with Crippen molar-refractivity contribution in [1.29, 1.82) is 0 Å². The van der Waals surface area contributed by atoms with E-state index in [0.717, 1.165) is 10.9 Å². The van der Waals surface area contributed by atoms with Gasteiger partial charge in [0.2, 0.25) is 0 Å². The molecule has 0 aliphatic heterocycles. The number of nitrogens with one attached hydrogen (secondary N) is 1. The monoisotopic (exact) mass is 231 g/mol. The first kappa shape index (κ1) is 11.9. The molecule has 0 aliphatic rings. The second-order valence-electron chi connectivity index (χ2n) is 4.98. The number of Topliss-reactive ketones (excluding diaryl/α,β-unsaturated/α-hetero) is 1. The summed E-state index contributed by atoms with van der Waals surface area (Å²) in [4.78, 5) is 15.1. The molecular weight excluding hydrogens is 214 g/mol. The van der Waals surface area contributed by atoms with Crippen LogP contribution in [0, 0.1) is 0 Å². The van der Waals surface area contributed by atoms with E-state index in [0.29, 0.717) is 18.4 Å². The Balaban J connectivity index is 2.20. The van der Waals surface area contributed by atoms with E-state index in [-0.39, 0.29) is 5.78 Å². The molecule has 0 saturated heterocycles. The minimum Gasteiger partial charge on any atom is -0.390 e. The van der Waals surface area contributed by atoms with Crippen LogP contribution in [-0.2, 0) is 0 Å². The maximum Gasteiger partial charge on any atom is 0.165 e. The number of fused-ring (bicyclic) bond motifs is 1. The predicted octanol–water partition coefficient (Wildman–Crippen LogP) is 2.90. The van der Waals surface area contributed by atoms with E-state index < -0.39 is 5.60 Å². The van der Waals surface area contributed by atoms with Gasteiger partial charge in [0, 0.05) is 29.1 Å². The number of carbonyl (C=O) groups is 1. The zero-order chi connectivity index (χ0) is 12.5. The molecule has 2 aromatic rings. The zero-order valence-electron chi connectivity index (χ0n) is 10.2. The fourth-order valence-electron chi connectivity index (χ4n) is 1.86. The lowest BCUT2D eigenvalue weighted by atomic mass is 9.98. The SMILES string of the molecule is CC(C)(O)CCC(=O)c1c[nH]c2ccccc12. The smallest absolute Gasteiger partial charge is 0.165 e. The third kappa shape index (κ3) is 2.74. The van der Waals surface area contributed by atoms with Crippen LogP contribution in [-0.4, -0.2) is 21.5 Å². The highest BCUT2D eigenvalue weighted by atomic mass is 16.3. The number of carbonyl (C=O) groups excluding carboxylic acids is 1. The summed E-state index contributed by atoms with van der Waals surface area (Å²) < 4.78 is 0. The third-order valence-corrected chi connectivity index (χ3v) is 2.85. The second-order valence-corrected chi connectivity index (χ2v) is 4.98. The molecule has 0 atom stereocenters. The van der Waals surface area contributed by atoms with E-state index in [2.05, 4.69) is 4.98 Å². The number of ketones is 1. The molecule has 0 aliphatic carbocycles. The largest absolute Gasteiger partial charge is 0.390 e. The van der Waals surface area contributed by atoms with E-state index in [1.807, 2.05) is 24.3 Å². The van der Waals surface area contributed by atoms with Gasteiger partial charge >= 0.3 is 0 Å². The molecule has 90 valence electrons. The molecule has 0 bridgehead atoms. The normalized spacial score (nSPS) is 11.9. The molecule has 1 heterocycles. The van der Waals surface area contributed by atoms with Crippen molar-refractivity contribution in [2.24, 2.45) is 0 Å². The van der Waals surface area contributed by atoms with Crippen LogP contribution in [0.5, 0.6) is 0 Å². The molecule has 1 aromatic carbocycles. The van der Waals surface area contributed by atoms with Gasteiger partial charge in [-0.05, 0) is 26.3 Å². The Morgan fingerprint density at radius 2 is 2.06 bits per heavy atom. The van der Waals surface area contributed by atoms with Gasteiger partial charge in [0.1, 0.15) is 0 Å². The van der Waals surface area contributed by atoms with Crippen LogP contribution in [0.25, 0.3) is 10.9 Å². The molecule has 2 N–H and O–H groups in total. The molecular formula is C14H17NO2. The van der Waals surface area contributed by atoms with Crippen LogP contribution in [0.1, 0.15) is 37.0 Å². The Kier molecular flexibility index (Phi) is 3.03. The van der Waals surface area contributed by atoms with Gasteiger partial charge in [-0.2, -0.15) is 0 Å². The zero-order valence-corrected chi connectivity index (χ0v) is 10.2. The van der Waals surface area contributed by atoms with Crippen LogP contribution < -0.4 is 0 Å². The van der Waals surface area contributed by atoms with Crippen LogP contribution >= 0.6 is 0 Å². The Labute approximate surface area is 100 Å². The van der Waals surface area contributed by atoms with E-state index in [1.54, 1.807) is 20.0 Å². The molecule has 0 saturated carbocycles. The fourth-order valence-corrected chi connectivity index (χ4v) is 1.86. The molecule has 0 spiro atoms. The van der Waals surface area contributed by atoms with Crippen molar-refractivity contribution in [2.45, 2.75) is 32.3 Å². The third-order valence-electron chi connectivity index (χ3n) is 2.85. The first-order valence-electron chi connectivity index (χ1n) is 5.79. The standard InChI is InChI=1S/C14H17NO2/c1-14(2,17)8-7-13(16)11-9-15-12-6-4-3-5-10(11)12/h3-6,9,15,17H,7-8H2,1-2H3. The van der Waals surface area contributed by atoms with Crippen LogP contribution in [0.15, 0.2) is 30.5 Å². The van der Waals surface area contributed by atoms with Crippen LogP contribution in [0.3, 0.4) is 0 Å². The van der Waals surface area contributed by atoms with Gasteiger partial charge in [-0.1, -0.05) is 18.2 Å². The Hall–Kier alpha value is -1.61. The van der Waals surface area contributed by atoms with Crippen molar-refractivity contribution in [1.82, 2.24) is 4.98 Å². The van der Waals surface area contributed by atoms with Gasteiger partial charge in [0.05, 0.1) is 5.60 Å². The van der Waals surface area contributed by atoms with Crippen LogP contribution in [0.2, 0.25) is 0 Å². The molecule has 0 radical (unpaired) electrons. The highest BCUT2D eigenvalue weighted by Gasteiger charge is 2.17. The summed E-state index contributed by atoms with van der Waals surface area (Å²) in [5, 5.41) is 10.6. The van der Waals surface area contributed by atoms with E-state index in [1.165, 1.54) is 0 Å². The van der Waals surface area contributed by atoms with Crippen molar-refractivity contribution in [3.8, 4) is 0 Å². The van der Waals surface area contributed by atoms with Gasteiger partial charge in [-0.15, -0.1) is 0 Å². The number of hydrogen-bond donors (Lipinski definition) is 2. The first-order chi connectivity index (χ1) is 7.97. The van der Waals surface area contributed by atoms with Crippen molar-refractivity contribution < 1.29 is 9.90 Å². The van der Waals surface area contributed by atoms with Crippen molar-refractivity contribution >= 4 is 16.7 Å². The molecule has 3 nitrogen and oxygen atoms in total. The van der Waals surface area contributed by atoms with Gasteiger partial charge in [-0.25, -0.2) is 0 Å². The summed E-state index contributed by atoms with van der Waals surface area (Å²) in [7, 11) is 0. The number of aromatic amines is 1. The van der Waals surface area contributed by atoms with Crippen molar-refractivity contribution in [2.75, 3.05) is 0 Å². The summed E-state index contributed by atoms with van der Waals surface area (Å²) in [6, 6.07) is 7.73. The van der Waals surface area contributed by atoms with Crippen molar-refractivity contribution in [3.63, 3.8) is 0 Å². The summed E-state index contributed by atoms with van der Waals surface area (Å²) in [5.74, 6) is 0.0737. The van der Waals surface area contributed by atoms with Gasteiger partial charge in [-0.3, -0.25) is 4.79 Å². The molecule has 1 aromatic heterocycles. The molecule has 17 heavy (non-hydrogen) atoms. The summed E-state index contributed by atoms with van der Waals surface area (Å²) >= 11 is 0. The van der Waals surface area contributed by atoms with E-state index in [9.17, 15) is 9.90 Å². The first-order valence-corrected chi connectivity index (χ1v) is 5.79. The lowest BCUT2D eigenvalue weighted by molar-refractivity contribution is 0.0633. The molecule has 0 unspecified atom stereocenters. The minimum absolute atomic E-state index is 0.0737. The summed E-state index contributed by atoms with van der Waals surface area (Å²) in [6.07, 6.45) is 2.59. The van der Waals surface area contributed by atoms with Gasteiger partial charge < -0.3 is 10.1 Å². The van der Waals surface area contributed by atoms with Crippen molar-refractivity contribution in [3.05, 3.63) is 36.0 Å². The highest BCUT2D eigenvalue weighted by molar-refractivity contribution is 6.07. The van der Waals surface area contributed by atoms with Gasteiger partial charge in [0.25, 0.3) is 0 Å². The Morgan fingerprint density at radius 1 is 1.35 bits per heavy atom. The van der Waals surface area contributed by atoms with E-state index >= 15 is 0 Å². The number of aromatic nitrogens is 1. The number of aliphatic hydroxyl groups is 1. The number of H-pyrrole nitrogens is 1. The highest BCUT2D eigenvalue weighted by Crippen LogP contribution is 2.21. The number of benzene rings is 1. The summed E-state index contributed by atoms with van der Waals surface area (Å²) in [5.41, 5.74) is 0.894. The molecule has 0 fully saturated rings. The minimum atomic E-state index is -0.790. The molecule has 2 rings (SSSR count). The second kappa shape index (κ2) is 4.34. The lowest BCUT2D eigenvalue weighted by Gasteiger charge is -2.15. The Bertz CT molecular complexity index is 534. The number of rotatable bonds is 4. The lowest BCUT2D eigenvalue weighted by Crippen LogP contribution is -2.19. The van der Waals surface area contributed by atoms with Crippen LogP contribution in [0.4, 0.5) is 0 Å². The topological polar surface area (TPSA) is 53.1 Å². The average molecular weight is 231 g/mol.